The highest BCUT2D eigenvalue weighted by Crippen LogP contribution is 2.16. The van der Waals surface area contributed by atoms with Crippen LogP contribution in [-0.4, -0.2) is 24.5 Å². The molecule has 0 aliphatic rings. The highest BCUT2D eigenvalue weighted by atomic mass is 127. The lowest BCUT2D eigenvalue weighted by molar-refractivity contribution is 0.796. The SMILES string of the molecule is CCc1ccc(CNC(=NC)NCCc2ncc(C)s2)s1.I. The molecule has 0 aliphatic heterocycles. The Kier molecular flexibility index (Phi) is 8.96. The maximum absolute atomic E-state index is 4.36. The highest BCUT2D eigenvalue weighted by Gasteiger charge is 2.02. The summed E-state index contributed by atoms with van der Waals surface area (Å²) in [7, 11) is 1.80. The quantitative estimate of drug-likeness (QED) is 0.402. The van der Waals surface area contributed by atoms with Crippen molar-refractivity contribution >= 4 is 52.6 Å². The molecule has 0 amide bonds. The minimum absolute atomic E-state index is 0. The standard InChI is InChI=1S/C15H22N4S2.HI/c1-4-12-5-6-13(21-12)10-19-15(16-3)17-8-7-14-18-9-11(2)20-14;/h5-6,9H,4,7-8,10H2,1-3H3,(H2,16,17,19);1H. The first-order chi connectivity index (χ1) is 10.2. The Morgan fingerprint density at radius 1 is 1.23 bits per heavy atom. The second-order valence-corrected chi connectivity index (χ2v) is 7.26. The summed E-state index contributed by atoms with van der Waals surface area (Å²) >= 11 is 3.61. The van der Waals surface area contributed by atoms with Crippen molar-refractivity contribution in [2.45, 2.75) is 33.2 Å². The topological polar surface area (TPSA) is 49.3 Å². The number of aryl methyl sites for hydroxylation is 2. The fourth-order valence-electron chi connectivity index (χ4n) is 1.90. The van der Waals surface area contributed by atoms with E-state index in [0.717, 1.165) is 31.9 Å². The van der Waals surface area contributed by atoms with Crippen molar-refractivity contribution in [1.82, 2.24) is 15.6 Å². The summed E-state index contributed by atoms with van der Waals surface area (Å²) in [6, 6.07) is 4.38. The van der Waals surface area contributed by atoms with E-state index in [1.54, 1.807) is 18.4 Å². The third kappa shape index (κ3) is 6.21. The number of nitrogens with zero attached hydrogens (tertiary/aromatic N) is 2. The number of thiophene rings is 1. The van der Waals surface area contributed by atoms with E-state index in [0.29, 0.717) is 0 Å². The summed E-state index contributed by atoms with van der Waals surface area (Å²) in [4.78, 5) is 12.6. The first kappa shape index (κ1) is 19.4. The van der Waals surface area contributed by atoms with Crippen molar-refractivity contribution in [3.8, 4) is 0 Å². The van der Waals surface area contributed by atoms with Crippen LogP contribution >= 0.6 is 46.7 Å². The van der Waals surface area contributed by atoms with E-state index in [2.05, 4.69) is 46.6 Å². The summed E-state index contributed by atoms with van der Waals surface area (Å²) < 4.78 is 0. The van der Waals surface area contributed by atoms with Crippen LogP contribution in [0.2, 0.25) is 0 Å². The Bertz CT molecular complexity index is 592. The molecule has 7 heteroatoms. The predicted molar refractivity (Wildman–Crippen MR) is 108 cm³/mol. The molecule has 0 saturated carbocycles. The van der Waals surface area contributed by atoms with Gasteiger partial charge in [-0.15, -0.1) is 46.7 Å². The minimum atomic E-state index is 0. The van der Waals surface area contributed by atoms with Crippen LogP contribution in [0.15, 0.2) is 23.3 Å². The molecule has 2 heterocycles. The molecule has 0 radical (unpaired) electrons. The summed E-state index contributed by atoms with van der Waals surface area (Å²) in [5.41, 5.74) is 0. The van der Waals surface area contributed by atoms with Gasteiger partial charge in [-0.2, -0.15) is 0 Å². The number of hydrogen-bond donors (Lipinski definition) is 2. The van der Waals surface area contributed by atoms with Gasteiger partial charge in [0.15, 0.2) is 5.96 Å². The van der Waals surface area contributed by atoms with Crippen LogP contribution in [0.5, 0.6) is 0 Å². The van der Waals surface area contributed by atoms with E-state index in [1.165, 1.54) is 19.6 Å². The largest absolute Gasteiger partial charge is 0.356 e. The van der Waals surface area contributed by atoms with Crippen LogP contribution in [0.25, 0.3) is 0 Å². The van der Waals surface area contributed by atoms with E-state index in [4.69, 9.17) is 0 Å². The summed E-state index contributed by atoms with van der Waals surface area (Å²) in [5.74, 6) is 0.842. The zero-order valence-electron chi connectivity index (χ0n) is 13.2. The Morgan fingerprint density at radius 3 is 2.59 bits per heavy atom. The molecule has 2 rings (SSSR count). The summed E-state index contributed by atoms with van der Waals surface area (Å²) in [6.07, 6.45) is 3.96. The number of hydrogen-bond acceptors (Lipinski definition) is 4. The monoisotopic (exact) mass is 450 g/mol. The van der Waals surface area contributed by atoms with Gasteiger partial charge in [0.1, 0.15) is 0 Å². The average molecular weight is 450 g/mol. The number of guanidine groups is 1. The third-order valence-corrected chi connectivity index (χ3v) is 5.22. The molecular formula is C15H23IN4S2. The average Bonchev–Trinajstić information content (AvgIpc) is 3.11. The van der Waals surface area contributed by atoms with Crippen LogP contribution in [0, 0.1) is 6.92 Å². The van der Waals surface area contributed by atoms with Gasteiger partial charge < -0.3 is 10.6 Å². The Morgan fingerprint density at radius 2 is 2.00 bits per heavy atom. The Balaban J connectivity index is 0.00000242. The van der Waals surface area contributed by atoms with Crippen molar-refractivity contribution < 1.29 is 0 Å². The molecule has 2 aromatic rings. The van der Waals surface area contributed by atoms with E-state index in [1.807, 2.05) is 17.5 Å². The van der Waals surface area contributed by atoms with Crippen molar-refractivity contribution in [2.75, 3.05) is 13.6 Å². The predicted octanol–water partition coefficient (Wildman–Crippen LogP) is 3.60. The maximum Gasteiger partial charge on any atom is 0.191 e. The molecule has 22 heavy (non-hydrogen) atoms. The fraction of sp³-hybridized carbons (Fsp3) is 0.467. The van der Waals surface area contributed by atoms with E-state index < -0.39 is 0 Å². The number of nitrogens with one attached hydrogen (secondary N) is 2. The van der Waals surface area contributed by atoms with Gasteiger partial charge >= 0.3 is 0 Å². The van der Waals surface area contributed by atoms with Gasteiger partial charge in [0.05, 0.1) is 11.6 Å². The summed E-state index contributed by atoms with van der Waals surface area (Å²) in [6.45, 7) is 5.93. The number of aliphatic imine (C=N–C) groups is 1. The van der Waals surface area contributed by atoms with Crippen molar-refractivity contribution in [3.05, 3.63) is 38.0 Å². The zero-order chi connectivity index (χ0) is 15.1. The molecule has 0 bridgehead atoms. The lowest BCUT2D eigenvalue weighted by Gasteiger charge is -2.10. The van der Waals surface area contributed by atoms with Gasteiger partial charge in [-0.1, -0.05) is 6.92 Å². The normalized spacial score (nSPS) is 11.1. The highest BCUT2D eigenvalue weighted by molar-refractivity contribution is 14.0. The van der Waals surface area contributed by atoms with E-state index in [-0.39, 0.29) is 24.0 Å². The number of aromatic nitrogens is 1. The van der Waals surface area contributed by atoms with Gasteiger partial charge in [-0.3, -0.25) is 4.99 Å². The van der Waals surface area contributed by atoms with E-state index >= 15 is 0 Å². The lowest BCUT2D eigenvalue weighted by atomic mass is 10.3. The van der Waals surface area contributed by atoms with Gasteiger partial charge in [-0.05, 0) is 25.5 Å². The minimum Gasteiger partial charge on any atom is -0.356 e. The molecule has 2 N–H and O–H groups in total. The number of rotatable bonds is 6. The van der Waals surface area contributed by atoms with Gasteiger partial charge in [0.25, 0.3) is 0 Å². The molecule has 4 nitrogen and oxygen atoms in total. The molecule has 2 aromatic heterocycles. The maximum atomic E-state index is 4.36. The lowest BCUT2D eigenvalue weighted by Crippen LogP contribution is -2.37. The molecule has 0 fully saturated rings. The van der Waals surface area contributed by atoms with Crippen LogP contribution < -0.4 is 10.6 Å². The first-order valence-electron chi connectivity index (χ1n) is 7.14. The molecule has 0 saturated heterocycles. The van der Waals surface area contributed by atoms with Gasteiger partial charge in [0, 0.05) is 40.8 Å². The molecular weight excluding hydrogens is 427 g/mol. The zero-order valence-corrected chi connectivity index (χ0v) is 17.1. The van der Waals surface area contributed by atoms with Gasteiger partial charge in [-0.25, -0.2) is 4.98 Å². The molecule has 0 spiro atoms. The number of thiazole rings is 1. The second kappa shape index (κ2) is 10.2. The fourth-order valence-corrected chi connectivity index (χ4v) is 3.59. The van der Waals surface area contributed by atoms with Crippen LogP contribution in [0.4, 0.5) is 0 Å². The van der Waals surface area contributed by atoms with Crippen molar-refractivity contribution in [3.63, 3.8) is 0 Å². The molecule has 0 aliphatic carbocycles. The summed E-state index contributed by atoms with van der Waals surface area (Å²) in [5, 5.41) is 7.84. The van der Waals surface area contributed by atoms with E-state index in [9.17, 15) is 0 Å². The van der Waals surface area contributed by atoms with Crippen LogP contribution in [0.3, 0.4) is 0 Å². The second-order valence-electron chi connectivity index (χ2n) is 4.69. The first-order valence-corrected chi connectivity index (χ1v) is 8.78. The van der Waals surface area contributed by atoms with Crippen LogP contribution in [0.1, 0.15) is 26.6 Å². The van der Waals surface area contributed by atoms with Crippen molar-refractivity contribution in [2.24, 2.45) is 4.99 Å². The third-order valence-electron chi connectivity index (χ3n) is 3.02. The Labute approximate surface area is 157 Å². The number of halogens is 1. The van der Waals surface area contributed by atoms with Crippen molar-refractivity contribution in [1.29, 1.82) is 0 Å². The molecule has 0 aromatic carbocycles. The Hall–Kier alpha value is -0.670. The smallest absolute Gasteiger partial charge is 0.191 e. The molecule has 122 valence electrons. The van der Waals surface area contributed by atoms with Crippen LogP contribution in [-0.2, 0) is 19.4 Å². The molecule has 0 unspecified atom stereocenters. The van der Waals surface area contributed by atoms with Gasteiger partial charge in [0.2, 0.25) is 0 Å². The molecule has 0 atom stereocenters.